The van der Waals surface area contributed by atoms with E-state index in [1.54, 1.807) is 0 Å². The Morgan fingerprint density at radius 2 is 2.40 bits per heavy atom. The molecule has 4 nitrogen and oxygen atoms in total. The molecule has 0 radical (unpaired) electrons. The normalized spacial score (nSPS) is 28.9. The van der Waals surface area contributed by atoms with Crippen molar-refractivity contribution in [2.45, 2.75) is 19.6 Å². The predicted molar refractivity (Wildman–Crippen MR) is 26.9 cm³/mol. The van der Waals surface area contributed by atoms with E-state index in [-0.39, 0.29) is 29.6 Å². The van der Waals surface area contributed by atoms with Crippen LogP contribution in [0, 0.1) is 0 Å². The average Bonchev–Trinajstić information content (AvgIpc) is 2.47. The van der Waals surface area contributed by atoms with Crippen LogP contribution in [0.3, 0.4) is 0 Å². The third-order valence-corrected chi connectivity index (χ3v) is 1.10. The predicted octanol–water partition coefficient (Wildman–Crippen LogP) is -4.28. The first kappa shape index (κ1) is 10.4. The van der Waals surface area contributed by atoms with Gasteiger partial charge in [-0.25, -0.2) is 0 Å². The van der Waals surface area contributed by atoms with Gasteiger partial charge >= 0.3 is 29.6 Å². The van der Waals surface area contributed by atoms with E-state index in [4.69, 9.17) is 0 Å². The molecule has 5 heteroatoms. The minimum atomic E-state index is -1.15. The summed E-state index contributed by atoms with van der Waals surface area (Å²) < 4.78 is 0. The number of hydrogen-bond acceptors (Lipinski definition) is 4. The van der Waals surface area contributed by atoms with Crippen LogP contribution in [0.25, 0.3) is 0 Å². The van der Waals surface area contributed by atoms with Gasteiger partial charge in [0.25, 0.3) is 0 Å². The first-order valence-corrected chi connectivity index (χ1v) is 2.90. The fourth-order valence-corrected chi connectivity index (χ4v) is 0.652. The van der Waals surface area contributed by atoms with Crippen molar-refractivity contribution in [2.75, 3.05) is 6.54 Å². The molecule has 1 aliphatic rings. The monoisotopic (exact) mass is 153 g/mol. The van der Waals surface area contributed by atoms with E-state index in [1.165, 1.54) is 5.06 Å². The number of carbonyl (C=O) groups is 1. The molecule has 0 aromatic heterocycles. The van der Waals surface area contributed by atoms with Gasteiger partial charge in [-0.15, -0.1) is 0 Å². The first-order chi connectivity index (χ1) is 4.25. The maximum atomic E-state index is 9.97. The molecule has 52 valence electrons. The third kappa shape index (κ3) is 2.56. The molecule has 1 rings (SSSR count). The Bertz CT molecular complexity index is 130. The van der Waals surface area contributed by atoms with Gasteiger partial charge in [0.1, 0.15) is 0 Å². The van der Waals surface area contributed by atoms with Crippen molar-refractivity contribution in [3.63, 3.8) is 0 Å². The largest absolute Gasteiger partial charge is 1.00 e. The number of hydroxylamine groups is 2. The molecule has 0 aromatic carbocycles. The molecule has 0 aromatic rings. The van der Waals surface area contributed by atoms with Crippen LogP contribution in [-0.4, -0.2) is 23.8 Å². The van der Waals surface area contributed by atoms with E-state index in [0.29, 0.717) is 6.54 Å². The zero-order valence-corrected chi connectivity index (χ0v) is 8.16. The van der Waals surface area contributed by atoms with Gasteiger partial charge in [0.2, 0.25) is 0 Å². The molecule has 10 heavy (non-hydrogen) atoms. The van der Waals surface area contributed by atoms with Crippen LogP contribution in [0.15, 0.2) is 0 Å². The average molecular weight is 153 g/mol. The Morgan fingerprint density at radius 1 is 1.80 bits per heavy atom. The minimum Gasteiger partial charge on any atom is -0.546 e. The molecule has 0 spiro atoms. The van der Waals surface area contributed by atoms with Crippen LogP contribution in [0.4, 0.5) is 0 Å². The standard InChI is InChI=1S/C5H9NO3.Na/c1-2-3-6-4(9-6)5(7)8;/h4H,2-3H2,1H3,(H,7,8);/q;+1/p-1. The molecule has 1 saturated heterocycles. The number of nitrogens with zero attached hydrogens (tertiary/aromatic N) is 1. The summed E-state index contributed by atoms with van der Waals surface area (Å²) >= 11 is 0. The molecule has 1 aliphatic heterocycles. The molecule has 2 unspecified atom stereocenters. The van der Waals surface area contributed by atoms with E-state index in [0.717, 1.165) is 6.42 Å². The Morgan fingerprint density at radius 3 is 2.70 bits per heavy atom. The van der Waals surface area contributed by atoms with Gasteiger partial charge in [-0.2, -0.15) is 5.06 Å². The fraction of sp³-hybridized carbons (Fsp3) is 0.800. The van der Waals surface area contributed by atoms with Gasteiger partial charge in [-0.3, -0.25) is 4.84 Å². The zero-order valence-electron chi connectivity index (χ0n) is 6.16. The van der Waals surface area contributed by atoms with Crippen LogP contribution in [-0.2, 0) is 9.63 Å². The topological polar surface area (TPSA) is 55.7 Å². The summed E-state index contributed by atoms with van der Waals surface area (Å²) in [5.41, 5.74) is 0. The summed E-state index contributed by atoms with van der Waals surface area (Å²) in [5.74, 6) is -1.15. The third-order valence-electron chi connectivity index (χ3n) is 1.10. The Hall–Kier alpha value is 0.390. The van der Waals surface area contributed by atoms with E-state index in [2.05, 4.69) is 4.84 Å². The van der Waals surface area contributed by atoms with Crippen molar-refractivity contribution in [1.29, 1.82) is 0 Å². The molecule has 2 atom stereocenters. The number of rotatable bonds is 3. The van der Waals surface area contributed by atoms with Gasteiger partial charge in [0.05, 0.1) is 5.97 Å². The molecule has 1 fully saturated rings. The van der Waals surface area contributed by atoms with Gasteiger partial charge < -0.3 is 9.90 Å². The maximum Gasteiger partial charge on any atom is 1.00 e. The summed E-state index contributed by atoms with van der Waals surface area (Å²) in [6, 6.07) is 0. The van der Waals surface area contributed by atoms with Crippen molar-refractivity contribution < 1.29 is 44.3 Å². The number of carbonyl (C=O) groups excluding carboxylic acids is 1. The van der Waals surface area contributed by atoms with Gasteiger partial charge in [-0.1, -0.05) is 6.92 Å². The van der Waals surface area contributed by atoms with Crippen LogP contribution >= 0.6 is 0 Å². The van der Waals surface area contributed by atoms with Crippen LogP contribution < -0.4 is 34.7 Å². The molecule has 0 N–H and O–H groups in total. The van der Waals surface area contributed by atoms with Gasteiger partial charge in [-0.05, 0) is 6.42 Å². The Balaban J connectivity index is 0.000000810. The summed E-state index contributed by atoms with van der Waals surface area (Å²) in [6.07, 6.45) is 0.119. The summed E-state index contributed by atoms with van der Waals surface area (Å²) in [4.78, 5) is 14.6. The number of aliphatic carboxylic acids is 1. The second-order valence-electron chi connectivity index (χ2n) is 1.92. The molecular formula is C5H8NNaO3. The summed E-state index contributed by atoms with van der Waals surface area (Å²) in [7, 11) is 0. The van der Waals surface area contributed by atoms with Crippen molar-refractivity contribution >= 4 is 5.97 Å². The quantitative estimate of drug-likeness (QED) is 0.304. The molecule has 0 bridgehead atoms. The van der Waals surface area contributed by atoms with Crippen molar-refractivity contribution in [3.05, 3.63) is 0 Å². The van der Waals surface area contributed by atoms with E-state index in [9.17, 15) is 9.90 Å². The summed E-state index contributed by atoms with van der Waals surface area (Å²) in [5, 5.41) is 11.4. The maximum absolute atomic E-state index is 9.97. The second kappa shape index (κ2) is 4.31. The van der Waals surface area contributed by atoms with Gasteiger partial charge in [0.15, 0.2) is 6.23 Å². The zero-order chi connectivity index (χ0) is 6.85. The van der Waals surface area contributed by atoms with E-state index >= 15 is 0 Å². The minimum absolute atomic E-state index is 0. The Labute approximate surface area is 81.4 Å². The van der Waals surface area contributed by atoms with Crippen molar-refractivity contribution in [3.8, 4) is 0 Å². The van der Waals surface area contributed by atoms with Crippen molar-refractivity contribution in [1.82, 2.24) is 5.06 Å². The molecule has 0 aliphatic carbocycles. The smallest absolute Gasteiger partial charge is 0.546 e. The van der Waals surface area contributed by atoms with Crippen molar-refractivity contribution in [2.24, 2.45) is 0 Å². The Kier molecular flexibility index (Phi) is 4.47. The van der Waals surface area contributed by atoms with Crippen LogP contribution in [0.1, 0.15) is 13.3 Å². The van der Waals surface area contributed by atoms with E-state index < -0.39 is 12.2 Å². The number of hydrogen-bond donors (Lipinski definition) is 0. The van der Waals surface area contributed by atoms with Gasteiger partial charge in [0, 0.05) is 6.54 Å². The fourth-order valence-electron chi connectivity index (χ4n) is 0.652. The molecule has 1 heterocycles. The van der Waals surface area contributed by atoms with E-state index in [1.807, 2.05) is 6.92 Å². The molecular weight excluding hydrogens is 145 g/mol. The second-order valence-corrected chi connectivity index (χ2v) is 1.92. The number of carboxylic acids is 1. The first-order valence-electron chi connectivity index (χ1n) is 2.90. The molecule has 0 saturated carbocycles. The number of carboxylic acid groups (broad SMARTS) is 1. The molecule has 0 amide bonds. The SMILES string of the molecule is CCCN1OC1C(=O)[O-].[Na+]. The van der Waals surface area contributed by atoms with Crippen LogP contribution in [0.5, 0.6) is 0 Å². The summed E-state index contributed by atoms with van der Waals surface area (Å²) in [6.45, 7) is 2.62. The van der Waals surface area contributed by atoms with Crippen LogP contribution in [0.2, 0.25) is 0 Å².